The number of amides is 1. The zero-order valence-electron chi connectivity index (χ0n) is 13.6. The highest BCUT2D eigenvalue weighted by atomic mass is 35.5. The van der Waals surface area contributed by atoms with Gasteiger partial charge in [-0.1, -0.05) is 11.6 Å². The van der Waals surface area contributed by atoms with Crippen LogP contribution in [0.5, 0.6) is 5.88 Å². The molecule has 2 rings (SSSR count). The van der Waals surface area contributed by atoms with E-state index in [1.807, 2.05) is 6.07 Å². The van der Waals surface area contributed by atoms with E-state index in [2.05, 4.69) is 10.5 Å². The first-order valence-electron chi connectivity index (χ1n) is 7.32. The summed E-state index contributed by atoms with van der Waals surface area (Å²) >= 11 is 5.95. The average molecular weight is 352 g/mol. The molecule has 1 unspecified atom stereocenters. The average Bonchev–Trinajstić information content (AvgIpc) is 2.85. The van der Waals surface area contributed by atoms with Crippen LogP contribution in [0.2, 0.25) is 5.02 Å². The lowest BCUT2D eigenvalue weighted by atomic mass is 10.2. The van der Waals surface area contributed by atoms with Crippen molar-refractivity contribution in [3.05, 3.63) is 23.2 Å². The maximum atomic E-state index is 11.8. The Hall–Kier alpha value is -2.46. The fourth-order valence-corrected chi connectivity index (χ4v) is 2.08. The van der Waals surface area contributed by atoms with Crippen molar-refractivity contribution < 1.29 is 18.8 Å². The van der Waals surface area contributed by atoms with E-state index in [-0.39, 0.29) is 18.9 Å². The summed E-state index contributed by atoms with van der Waals surface area (Å²) < 4.78 is 15.9. The van der Waals surface area contributed by atoms with Gasteiger partial charge in [-0.25, -0.2) is 4.79 Å². The van der Waals surface area contributed by atoms with Gasteiger partial charge in [-0.2, -0.15) is 5.26 Å². The third-order valence-electron chi connectivity index (χ3n) is 2.88. The molecule has 0 bridgehead atoms. The molecule has 0 fully saturated rings. The first-order valence-corrected chi connectivity index (χ1v) is 7.70. The Morgan fingerprint density at radius 1 is 1.50 bits per heavy atom. The zero-order chi connectivity index (χ0) is 17.7. The van der Waals surface area contributed by atoms with Gasteiger partial charge in [-0.05, 0) is 44.1 Å². The van der Waals surface area contributed by atoms with Gasteiger partial charge in [0.25, 0.3) is 5.88 Å². The van der Waals surface area contributed by atoms with Crippen molar-refractivity contribution in [1.82, 2.24) is 10.5 Å². The molecule has 24 heavy (non-hydrogen) atoms. The van der Waals surface area contributed by atoms with E-state index in [1.54, 1.807) is 39.0 Å². The molecule has 1 aromatic heterocycles. The number of nitrogens with one attached hydrogen (secondary N) is 1. The maximum absolute atomic E-state index is 11.8. The number of rotatable bonds is 5. The quantitative estimate of drug-likeness (QED) is 0.882. The smallest absolute Gasteiger partial charge is 0.408 e. The summed E-state index contributed by atoms with van der Waals surface area (Å²) in [7, 11) is 0. The third kappa shape index (κ3) is 5.03. The molecule has 0 aliphatic heterocycles. The molecule has 128 valence electrons. The highest BCUT2D eigenvalue weighted by Gasteiger charge is 2.20. The van der Waals surface area contributed by atoms with Crippen LogP contribution in [0.3, 0.4) is 0 Å². The van der Waals surface area contributed by atoms with Gasteiger partial charge < -0.3 is 19.3 Å². The molecule has 1 amide bonds. The fraction of sp³-hybridized carbons (Fsp3) is 0.438. The Balaban J connectivity index is 2.01. The number of ether oxygens (including phenoxy) is 2. The summed E-state index contributed by atoms with van der Waals surface area (Å²) in [5.74, 6) is 0.251. The molecule has 1 N–H and O–H groups in total. The van der Waals surface area contributed by atoms with Crippen molar-refractivity contribution in [3.8, 4) is 11.9 Å². The van der Waals surface area contributed by atoms with Crippen LogP contribution < -0.4 is 10.1 Å². The molecule has 2 aromatic rings. The number of hydrogen-bond donors (Lipinski definition) is 1. The van der Waals surface area contributed by atoms with Gasteiger partial charge in [0.1, 0.15) is 12.2 Å². The van der Waals surface area contributed by atoms with Crippen LogP contribution in [0.1, 0.15) is 27.2 Å². The fourth-order valence-electron chi connectivity index (χ4n) is 1.91. The second-order valence-corrected chi connectivity index (χ2v) is 6.58. The van der Waals surface area contributed by atoms with Gasteiger partial charge in [0.05, 0.1) is 23.9 Å². The second kappa shape index (κ2) is 7.41. The first-order chi connectivity index (χ1) is 11.3. The Morgan fingerprint density at radius 3 is 2.92 bits per heavy atom. The number of nitriles is 1. The van der Waals surface area contributed by atoms with Crippen LogP contribution in [-0.2, 0) is 4.74 Å². The summed E-state index contributed by atoms with van der Waals surface area (Å²) in [6.07, 6.45) is -0.546. The lowest BCUT2D eigenvalue weighted by Gasteiger charge is -2.22. The SMILES string of the molecule is CC(C)(C)OC(=O)NC(CC#N)COc1noc2ccc(Cl)cc12. The Labute approximate surface area is 144 Å². The Bertz CT molecular complexity index is 761. The van der Waals surface area contributed by atoms with Crippen LogP contribution in [-0.4, -0.2) is 29.5 Å². The van der Waals surface area contributed by atoms with Crippen LogP contribution in [0.4, 0.5) is 4.79 Å². The summed E-state index contributed by atoms with van der Waals surface area (Å²) in [6, 6.07) is 6.49. The topological polar surface area (TPSA) is 97.4 Å². The van der Waals surface area contributed by atoms with Gasteiger partial charge in [0.2, 0.25) is 0 Å². The minimum Gasteiger partial charge on any atom is -0.473 e. The predicted octanol–water partition coefficient (Wildman–Crippen LogP) is 3.67. The molecule has 0 aliphatic carbocycles. The summed E-state index contributed by atoms with van der Waals surface area (Å²) in [5.41, 5.74) is -0.0902. The van der Waals surface area contributed by atoms with E-state index in [0.717, 1.165) is 0 Å². The third-order valence-corrected chi connectivity index (χ3v) is 3.11. The molecule has 0 saturated carbocycles. The van der Waals surface area contributed by atoms with Gasteiger partial charge >= 0.3 is 6.09 Å². The summed E-state index contributed by atoms with van der Waals surface area (Å²) in [4.78, 5) is 11.8. The molecule has 0 radical (unpaired) electrons. The number of aromatic nitrogens is 1. The van der Waals surface area contributed by atoms with Crippen molar-refractivity contribution in [2.75, 3.05) is 6.61 Å². The standard InChI is InChI=1S/C16H18ClN3O4/c1-16(2,3)23-15(21)19-11(6-7-18)9-22-14-12-8-10(17)4-5-13(12)24-20-14/h4-5,8,11H,6,9H2,1-3H3,(H,19,21). The van der Waals surface area contributed by atoms with Crippen molar-refractivity contribution in [2.45, 2.75) is 38.8 Å². The normalized spacial score (nSPS) is 12.5. The van der Waals surface area contributed by atoms with Gasteiger partial charge in [-0.3, -0.25) is 0 Å². The maximum Gasteiger partial charge on any atom is 0.408 e. The minimum absolute atomic E-state index is 0.0426. The Kier molecular flexibility index (Phi) is 5.52. The van der Waals surface area contributed by atoms with Gasteiger partial charge in [0.15, 0.2) is 5.58 Å². The van der Waals surface area contributed by atoms with Gasteiger partial charge in [-0.15, -0.1) is 0 Å². The molecule has 0 saturated heterocycles. The van der Waals surface area contributed by atoms with E-state index >= 15 is 0 Å². The van der Waals surface area contributed by atoms with Gasteiger partial charge in [0, 0.05) is 5.02 Å². The van der Waals surface area contributed by atoms with Crippen molar-refractivity contribution in [3.63, 3.8) is 0 Å². The number of carbonyl (C=O) groups is 1. The van der Waals surface area contributed by atoms with Crippen molar-refractivity contribution in [1.29, 1.82) is 5.26 Å². The zero-order valence-corrected chi connectivity index (χ0v) is 14.4. The molecule has 0 spiro atoms. The van der Waals surface area contributed by atoms with Crippen LogP contribution in [0.25, 0.3) is 11.0 Å². The Morgan fingerprint density at radius 2 is 2.25 bits per heavy atom. The second-order valence-electron chi connectivity index (χ2n) is 6.14. The van der Waals surface area contributed by atoms with Crippen LogP contribution in [0, 0.1) is 11.3 Å². The van der Waals surface area contributed by atoms with Crippen molar-refractivity contribution >= 4 is 28.7 Å². The van der Waals surface area contributed by atoms with E-state index in [9.17, 15) is 4.79 Å². The predicted molar refractivity (Wildman–Crippen MR) is 87.9 cm³/mol. The number of nitrogens with zero attached hydrogens (tertiary/aromatic N) is 2. The number of fused-ring (bicyclic) bond motifs is 1. The molecule has 1 heterocycles. The number of benzene rings is 1. The lowest BCUT2D eigenvalue weighted by molar-refractivity contribution is 0.0488. The van der Waals surface area contributed by atoms with E-state index in [1.165, 1.54) is 0 Å². The number of carbonyl (C=O) groups excluding carboxylic acids is 1. The summed E-state index contributed by atoms with van der Waals surface area (Å²) in [5, 5.41) is 16.5. The van der Waals surface area contributed by atoms with Crippen molar-refractivity contribution in [2.24, 2.45) is 0 Å². The molecule has 7 nitrogen and oxygen atoms in total. The number of alkyl carbamates (subject to hydrolysis) is 1. The van der Waals surface area contributed by atoms with Crippen LogP contribution in [0.15, 0.2) is 22.7 Å². The lowest BCUT2D eigenvalue weighted by Crippen LogP contribution is -2.42. The van der Waals surface area contributed by atoms with Crippen LogP contribution >= 0.6 is 11.6 Å². The molecular weight excluding hydrogens is 334 g/mol. The number of hydrogen-bond acceptors (Lipinski definition) is 6. The van der Waals surface area contributed by atoms with E-state index < -0.39 is 17.7 Å². The monoisotopic (exact) mass is 351 g/mol. The summed E-state index contributed by atoms with van der Waals surface area (Å²) in [6.45, 7) is 5.32. The highest BCUT2D eigenvalue weighted by Crippen LogP contribution is 2.27. The molecule has 8 heteroatoms. The van der Waals surface area contributed by atoms with E-state index in [4.69, 9.17) is 30.9 Å². The largest absolute Gasteiger partial charge is 0.473 e. The molecule has 1 aromatic carbocycles. The molecule has 1 atom stereocenters. The highest BCUT2D eigenvalue weighted by molar-refractivity contribution is 6.31. The molecular formula is C16H18ClN3O4. The van der Waals surface area contributed by atoms with E-state index in [0.29, 0.717) is 16.0 Å². The minimum atomic E-state index is -0.624. The first kappa shape index (κ1) is 17.9. The molecule has 0 aliphatic rings. The number of halogens is 1.